The van der Waals surface area contributed by atoms with Gasteiger partial charge in [0.1, 0.15) is 18.7 Å². The number of carbonyl (C=O) groups excluding carboxylic acids is 2. The highest BCUT2D eigenvalue weighted by Gasteiger charge is 2.33. The second kappa shape index (κ2) is 10.5. The molecule has 2 unspecified atom stereocenters. The molecule has 2 atom stereocenters. The quantitative estimate of drug-likeness (QED) is 0.434. The highest BCUT2D eigenvalue weighted by atomic mass is 16.5. The van der Waals surface area contributed by atoms with Crippen LogP contribution >= 0.6 is 0 Å². The van der Waals surface area contributed by atoms with Crippen LogP contribution in [-0.2, 0) is 14.3 Å². The van der Waals surface area contributed by atoms with Crippen LogP contribution in [0.15, 0.2) is 61.2 Å². The SMILES string of the molecule is C=CCCC(NC(=O)OCC1c2ccccc2-c2ccccc21)C(=O)NC(CC1CC1)C(=O)O. The Morgan fingerprint density at radius 3 is 2.18 bits per heavy atom. The van der Waals surface area contributed by atoms with Gasteiger partial charge in [0.2, 0.25) is 5.91 Å². The number of rotatable bonds is 11. The maximum atomic E-state index is 12.8. The summed E-state index contributed by atoms with van der Waals surface area (Å²) in [5, 5.41) is 14.7. The first-order valence-electron chi connectivity index (χ1n) is 11.7. The zero-order valence-electron chi connectivity index (χ0n) is 19.0. The van der Waals surface area contributed by atoms with Gasteiger partial charge in [-0.2, -0.15) is 0 Å². The Bertz CT molecular complexity index is 1030. The molecule has 0 spiro atoms. The number of allylic oxidation sites excluding steroid dienone is 1. The van der Waals surface area contributed by atoms with Crippen molar-refractivity contribution in [3.63, 3.8) is 0 Å². The summed E-state index contributed by atoms with van der Waals surface area (Å²) in [5.41, 5.74) is 4.46. The van der Waals surface area contributed by atoms with Crippen molar-refractivity contribution in [2.75, 3.05) is 6.61 Å². The van der Waals surface area contributed by atoms with Gasteiger partial charge in [-0.25, -0.2) is 9.59 Å². The third-order valence-corrected chi connectivity index (χ3v) is 6.49. The third kappa shape index (κ3) is 5.47. The fourth-order valence-electron chi connectivity index (χ4n) is 4.52. The Hall–Kier alpha value is -3.61. The Morgan fingerprint density at radius 1 is 1.00 bits per heavy atom. The van der Waals surface area contributed by atoms with E-state index < -0.39 is 30.1 Å². The minimum atomic E-state index is -1.07. The van der Waals surface area contributed by atoms with E-state index in [-0.39, 0.29) is 12.5 Å². The van der Waals surface area contributed by atoms with Crippen LogP contribution in [0.4, 0.5) is 4.79 Å². The van der Waals surface area contributed by atoms with Gasteiger partial charge < -0.3 is 20.5 Å². The minimum absolute atomic E-state index is 0.0893. The van der Waals surface area contributed by atoms with Crippen molar-refractivity contribution in [2.45, 2.75) is 50.1 Å². The molecule has 0 radical (unpaired) electrons. The van der Waals surface area contributed by atoms with E-state index in [0.717, 1.165) is 35.1 Å². The summed E-state index contributed by atoms with van der Waals surface area (Å²) in [6, 6.07) is 14.2. The molecule has 34 heavy (non-hydrogen) atoms. The van der Waals surface area contributed by atoms with Crippen molar-refractivity contribution in [3.8, 4) is 11.1 Å². The smallest absolute Gasteiger partial charge is 0.407 e. The number of benzene rings is 2. The van der Waals surface area contributed by atoms with E-state index in [9.17, 15) is 19.5 Å². The molecule has 2 aromatic rings. The van der Waals surface area contributed by atoms with Gasteiger partial charge in [-0.1, -0.05) is 67.4 Å². The number of hydrogen-bond acceptors (Lipinski definition) is 4. The first kappa shape index (κ1) is 23.5. The lowest BCUT2D eigenvalue weighted by Gasteiger charge is -2.21. The van der Waals surface area contributed by atoms with E-state index in [1.165, 1.54) is 0 Å². The van der Waals surface area contributed by atoms with Crippen LogP contribution in [0.5, 0.6) is 0 Å². The molecule has 0 heterocycles. The molecule has 3 N–H and O–H groups in total. The van der Waals surface area contributed by atoms with E-state index in [0.29, 0.717) is 25.2 Å². The summed E-state index contributed by atoms with van der Waals surface area (Å²) in [4.78, 5) is 37.0. The van der Waals surface area contributed by atoms with Gasteiger partial charge in [0.25, 0.3) is 0 Å². The van der Waals surface area contributed by atoms with Crippen LogP contribution in [0.3, 0.4) is 0 Å². The van der Waals surface area contributed by atoms with Crippen LogP contribution in [-0.4, -0.2) is 41.8 Å². The number of carboxylic acid groups (broad SMARTS) is 1. The third-order valence-electron chi connectivity index (χ3n) is 6.49. The lowest BCUT2D eigenvalue weighted by atomic mass is 9.98. The second-order valence-corrected chi connectivity index (χ2v) is 8.97. The predicted octanol–water partition coefficient (Wildman–Crippen LogP) is 4.23. The maximum absolute atomic E-state index is 12.8. The topological polar surface area (TPSA) is 105 Å². The number of carboxylic acids is 1. The van der Waals surface area contributed by atoms with Crippen LogP contribution in [0.1, 0.15) is 49.1 Å². The Balaban J connectivity index is 1.39. The monoisotopic (exact) mass is 462 g/mol. The highest BCUT2D eigenvalue weighted by Crippen LogP contribution is 2.44. The van der Waals surface area contributed by atoms with Crippen molar-refractivity contribution in [1.82, 2.24) is 10.6 Å². The Kier molecular flexibility index (Phi) is 7.30. The standard InChI is InChI=1S/C27H30N2O5/c1-2-3-12-23(25(30)28-24(26(31)32)15-17-13-14-17)29-27(33)34-16-22-20-10-6-4-8-18(20)19-9-5-7-11-21(19)22/h2,4-11,17,22-24H,1,3,12-16H2,(H,28,30)(H,29,33)(H,31,32). The first-order chi connectivity index (χ1) is 16.5. The summed E-state index contributed by atoms with van der Waals surface area (Å²) in [6.45, 7) is 3.80. The number of amides is 2. The van der Waals surface area contributed by atoms with Crippen LogP contribution in [0.2, 0.25) is 0 Å². The zero-order valence-corrected chi connectivity index (χ0v) is 19.0. The lowest BCUT2D eigenvalue weighted by Crippen LogP contribution is -2.51. The molecule has 0 saturated heterocycles. The average molecular weight is 463 g/mol. The summed E-state index contributed by atoms with van der Waals surface area (Å²) < 4.78 is 5.56. The van der Waals surface area contributed by atoms with Gasteiger partial charge in [0.05, 0.1) is 0 Å². The molecule has 2 aromatic carbocycles. The van der Waals surface area contributed by atoms with Gasteiger partial charge in [-0.05, 0) is 47.4 Å². The van der Waals surface area contributed by atoms with Gasteiger partial charge in [-0.15, -0.1) is 6.58 Å². The van der Waals surface area contributed by atoms with Crippen molar-refractivity contribution in [1.29, 1.82) is 0 Å². The molecule has 1 fully saturated rings. The lowest BCUT2D eigenvalue weighted by molar-refractivity contribution is -0.142. The molecule has 7 nitrogen and oxygen atoms in total. The Morgan fingerprint density at radius 2 is 1.62 bits per heavy atom. The number of fused-ring (bicyclic) bond motifs is 3. The summed E-state index contributed by atoms with van der Waals surface area (Å²) in [6.07, 6.45) is 4.10. The van der Waals surface area contributed by atoms with Crippen molar-refractivity contribution in [2.24, 2.45) is 5.92 Å². The molecule has 2 aliphatic carbocycles. The fraction of sp³-hybridized carbons (Fsp3) is 0.370. The van der Waals surface area contributed by atoms with Crippen molar-refractivity contribution in [3.05, 3.63) is 72.3 Å². The van der Waals surface area contributed by atoms with Gasteiger partial charge in [0.15, 0.2) is 0 Å². The van der Waals surface area contributed by atoms with E-state index in [4.69, 9.17) is 4.74 Å². The van der Waals surface area contributed by atoms with Crippen molar-refractivity contribution < 1.29 is 24.2 Å². The van der Waals surface area contributed by atoms with E-state index in [1.54, 1.807) is 6.08 Å². The first-order valence-corrected chi connectivity index (χ1v) is 11.7. The molecule has 2 amide bonds. The number of aliphatic carboxylic acids is 1. The van der Waals surface area contributed by atoms with Crippen LogP contribution in [0, 0.1) is 5.92 Å². The van der Waals surface area contributed by atoms with Gasteiger partial charge in [0, 0.05) is 5.92 Å². The molecule has 0 aliphatic heterocycles. The molecule has 7 heteroatoms. The highest BCUT2D eigenvalue weighted by molar-refractivity contribution is 5.89. The van der Waals surface area contributed by atoms with E-state index in [2.05, 4.69) is 29.3 Å². The number of alkyl carbamates (subject to hydrolysis) is 1. The molecule has 0 bridgehead atoms. The van der Waals surface area contributed by atoms with E-state index in [1.807, 2.05) is 36.4 Å². The number of ether oxygens (including phenoxy) is 1. The zero-order chi connectivity index (χ0) is 24.1. The van der Waals surface area contributed by atoms with Gasteiger partial charge >= 0.3 is 12.1 Å². The maximum Gasteiger partial charge on any atom is 0.407 e. The largest absolute Gasteiger partial charge is 0.480 e. The average Bonchev–Trinajstić information content (AvgIpc) is 3.60. The van der Waals surface area contributed by atoms with Crippen LogP contribution in [0.25, 0.3) is 11.1 Å². The normalized spacial score (nSPS) is 16.0. The molecule has 1 saturated carbocycles. The summed E-state index contributed by atoms with van der Waals surface area (Å²) in [7, 11) is 0. The number of carbonyl (C=O) groups is 3. The fourth-order valence-corrected chi connectivity index (χ4v) is 4.52. The molecule has 2 aliphatic rings. The minimum Gasteiger partial charge on any atom is -0.480 e. The second-order valence-electron chi connectivity index (χ2n) is 8.97. The molecule has 4 rings (SSSR count). The number of hydrogen-bond donors (Lipinski definition) is 3. The molecular formula is C27H30N2O5. The predicted molar refractivity (Wildman–Crippen MR) is 128 cm³/mol. The van der Waals surface area contributed by atoms with E-state index >= 15 is 0 Å². The number of nitrogens with one attached hydrogen (secondary N) is 2. The molecule has 178 valence electrons. The Labute approximate surface area is 199 Å². The van der Waals surface area contributed by atoms with Crippen molar-refractivity contribution >= 4 is 18.0 Å². The summed E-state index contributed by atoms with van der Waals surface area (Å²) >= 11 is 0. The van der Waals surface area contributed by atoms with Crippen LogP contribution < -0.4 is 10.6 Å². The molecular weight excluding hydrogens is 432 g/mol. The molecule has 0 aromatic heterocycles. The summed E-state index contributed by atoms with van der Waals surface area (Å²) in [5.74, 6) is -1.34. The van der Waals surface area contributed by atoms with Gasteiger partial charge in [-0.3, -0.25) is 4.79 Å².